The van der Waals surface area contributed by atoms with Gasteiger partial charge in [-0.15, -0.1) is 0 Å². The molecule has 0 aliphatic heterocycles. The zero-order chi connectivity index (χ0) is 5.86. The molecule has 0 radical (unpaired) electrons. The van der Waals surface area contributed by atoms with Gasteiger partial charge in [-0.05, 0) is 6.42 Å². The molecular formula is C3H7BO2S. The van der Waals surface area contributed by atoms with E-state index >= 15 is 0 Å². The van der Waals surface area contributed by atoms with Crippen LogP contribution in [0.15, 0.2) is 0 Å². The van der Waals surface area contributed by atoms with Crippen LogP contribution in [-0.4, -0.2) is 21.9 Å². The molecule has 0 aromatic heterocycles. The molecule has 0 aromatic carbocycles. The van der Waals surface area contributed by atoms with Crippen LogP contribution in [0.4, 0.5) is 0 Å². The average Bonchev–Trinajstić information content (AvgIpc) is 1.65. The Hall–Kier alpha value is 0.0749. The number of hydrogen-bond acceptors (Lipinski definition) is 3. The lowest BCUT2D eigenvalue weighted by Crippen LogP contribution is -2.22. The van der Waals surface area contributed by atoms with E-state index in [1.54, 1.807) is 6.92 Å². The fraction of sp³-hybridized carbons (Fsp3) is 0.667. The van der Waals surface area contributed by atoms with Crippen molar-refractivity contribution in [3.63, 3.8) is 0 Å². The summed E-state index contributed by atoms with van der Waals surface area (Å²) in [5, 5.41) is 16.5. The smallest absolute Gasteiger partial charge is 0.423 e. The molecule has 0 amide bonds. The normalized spacial score (nSPS) is 8.43. The second-order valence-corrected chi connectivity index (χ2v) is 1.72. The van der Waals surface area contributed by atoms with Crippen LogP contribution in [0.3, 0.4) is 0 Å². The predicted molar refractivity (Wildman–Crippen MR) is 33.1 cm³/mol. The Labute approximate surface area is 48.3 Å². The van der Waals surface area contributed by atoms with Gasteiger partial charge in [0.15, 0.2) is 0 Å². The van der Waals surface area contributed by atoms with Crippen molar-refractivity contribution in [1.29, 1.82) is 0 Å². The topological polar surface area (TPSA) is 40.5 Å². The van der Waals surface area contributed by atoms with Gasteiger partial charge in [0, 0.05) is 4.76 Å². The highest BCUT2D eigenvalue weighted by Crippen LogP contribution is 1.84. The predicted octanol–water partition coefficient (Wildman–Crippen LogP) is -0.222. The molecule has 0 aliphatic carbocycles. The summed E-state index contributed by atoms with van der Waals surface area (Å²) >= 11 is 4.48. The molecule has 0 aliphatic rings. The molecule has 0 aromatic rings. The highest BCUT2D eigenvalue weighted by atomic mass is 32.1. The van der Waals surface area contributed by atoms with Crippen molar-refractivity contribution in [2.45, 2.75) is 13.3 Å². The molecule has 0 spiro atoms. The maximum absolute atomic E-state index is 8.24. The van der Waals surface area contributed by atoms with Crippen LogP contribution in [0, 0.1) is 0 Å². The summed E-state index contributed by atoms with van der Waals surface area (Å²) < 4.78 is 0.292. The third-order valence-electron chi connectivity index (χ3n) is 0.636. The lowest BCUT2D eigenvalue weighted by atomic mass is 9.85. The summed E-state index contributed by atoms with van der Waals surface area (Å²) in [6, 6.07) is 0. The van der Waals surface area contributed by atoms with Gasteiger partial charge in [-0.2, -0.15) is 0 Å². The maximum atomic E-state index is 8.24. The summed E-state index contributed by atoms with van der Waals surface area (Å²) in [6.07, 6.45) is 0.549. The first-order chi connectivity index (χ1) is 3.18. The van der Waals surface area contributed by atoms with Gasteiger partial charge in [0.1, 0.15) is 0 Å². The molecule has 0 atom stereocenters. The van der Waals surface area contributed by atoms with Crippen LogP contribution >= 0.6 is 12.2 Å². The van der Waals surface area contributed by atoms with Gasteiger partial charge >= 0.3 is 7.12 Å². The zero-order valence-electron chi connectivity index (χ0n) is 4.09. The monoisotopic (exact) mass is 118 g/mol. The summed E-state index contributed by atoms with van der Waals surface area (Å²) in [5.41, 5.74) is 0. The molecule has 0 saturated carbocycles. The van der Waals surface area contributed by atoms with Gasteiger partial charge in [0.05, 0.1) is 0 Å². The van der Waals surface area contributed by atoms with E-state index in [-0.39, 0.29) is 0 Å². The molecule has 0 heterocycles. The minimum atomic E-state index is -1.40. The van der Waals surface area contributed by atoms with E-state index in [9.17, 15) is 0 Å². The molecule has 2 N–H and O–H groups in total. The van der Waals surface area contributed by atoms with Crippen molar-refractivity contribution in [2.24, 2.45) is 0 Å². The molecule has 40 valence electrons. The van der Waals surface area contributed by atoms with E-state index < -0.39 is 7.12 Å². The lowest BCUT2D eigenvalue weighted by molar-refractivity contribution is 0.430. The molecule has 0 unspecified atom stereocenters. The number of rotatable bonds is 2. The molecule has 2 nitrogen and oxygen atoms in total. The standard InChI is InChI=1S/C3H7BO2S/c1-2-3(7)4(5)6/h5-6H,2H2,1H3. The van der Waals surface area contributed by atoms with E-state index in [1.165, 1.54) is 0 Å². The molecule has 0 bridgehead atoms. The first kappa shape index (κ1) is 7.07. The van der Waals surface area contributed by atoms with Crippen molar-refractivity contribution in [3.05, 3.63) is 0 Å². The van der Waals surface area contributed by atoms with Crippen LogP contribution in [0.2, 0.25) is 0 Å². The quantitative estimate of drug-likeness (QED) is 0.389. The first-order valence-electron chi connectivity index (χ1n) is 2.07. The SMILES string of the molecule is CCC(=S)B(O)O. The third kappa shape index (κ3) is 2.73. The highest BCUT2D eigenvalue weighted by molar-refractivity contribution is 7.83. The van der Waals surface area contributed by atoms with Crippen LogP contribution in [0.1, 0.15) is 13.3 Å². The number of thiocarbonyl (C=S) groups is 1. The molecule has 0 saturated heterocycles. The summed E-state index contributed by atoms with van der Waals surface area (Å²) in [4.78, 5) is 0. The fourth-order valence-corrected chi connectivity index (χ4v) is 0.183. The summed E-state index contributed by atoms with van der Waals surface area (Å²) in [5.74, 6) is 0. The molecule has 0 rings (SSSR count). The van der Waals surface area contributed by atoms with E-state index in [0.717, 1.165) is 0 Å². The van der Waals surface area contributed by atoms with Crippen LogP contribution in [-0.2, 0) is 0 Å². The van der Waals surface area contributed by atoms with E-state index in [4.69, 9.17) is 10.0 Å². The Morgan fingerprint density at radius 3 is 2.14 bits per heavy atom. The molecular weight excluding hydrogens is 111 g/mol. The zero-order valence-corrected chi connectivity index (χ0v) is 4.90. The van der Waals surface area contributed by atoms with Gasteiger partial charge in [-0.25, -0.2) is 0 Å². The van der Waals surface area contributed by atoms with Gasteiger partial charge < -0.3 is 10.0 Å². The van der Waals surface area contributed by atoms with Gasteiger partial charge in [0.25, 0.3) is 0 Å². The van der Waals surface area contributed by atoms with E-state index in [0.29, 0.717) is 11.2 Å². The molecule has 0 fully saturated rings. The van der Waals surface area contributed by atoms with Gasteiger partial charge in [0.2, 0.25) is 0 Å². The van der Waals surface area contributed by atoms with Crippen molar-refractivity contribution in [2.75, 3.05) is 0 Å². The minimum absolute atomic E-state index is 0.292. The fourth-order valence-electron chi connectivity index (χ4n) is 0.183. The first-order valence-corrected chi connectivity index (χ1v) is 2.48. The van der Waals surface area contributed by atoms with Crippen LogP contribution < -0.4 is 0 Å². The molecule has 7 heavy (non-hydrogen) atoms. The second kappa shape index (κ2) is 3.13. The summed E-state index contributed by atoms with van der Waals surface area (Å²) in [6.45, 7) is 1.78. The van der Waals surface area contributed by atoms with Crippen LogP contribution in [0.5, 0.6) is 0 Å². The minimum Gasteiger partial charge on any atom is -0.423 e. The Morgan fingerprint density at radius 2 is 2.14 bits per heavy atom. The Balaban J connectivity index is 3.35. The van der Waals surface area contributed by atoms with Crippen molar-refractivity contribution >= 4 is 24.1 Å². The van der Waals surface area contributed by atoms with E-state index in [1.807, 2.05) is 0 Å². The molecule has 4 heteroatoms. The van der Waals surface area contributed by atoms with Crippen molar-refractivity contribution in [1.82, 2.24) is 0 Å². The van der Waals surface area contributed by atoms with E-state index in [2.05, 4.69) is 12.2 Å². The third-order valence-corrected chi connectivity index (χ3v) is 1.14. The Bertz CT molecular complexity index is 73.3. The van der Waals surface area contributed by atoms with Crippen LogP contribution in [0.25, 0.3) is 0 Å². The summed E-state index contributed by atoms with van der Waals surface area (Å²) in [7, 11) is -1.40. The Morgan fingerprint density at radius 1 is 1.71 bits per heavy atom. The lowest BCUT2D eigenvalue weighted by Gasteiger charge is -1.92. The van der Waals surface area contributed by atoms with Crippen molar-refractivity contribution in [3.8, 4) is 0 Å². The van der Waals surface area contributed by atoms with Gasteiger partial charge in [-0.3, -0.25) is 0 Å². The highest BCUT2D eigenvalue weighted by Gasteiger charge is 2.10. The largest absolute Gasteiger partial charge is 0.495 e. The van der Waals surface area contributed by atoms with Gasteiger partial charge in [-0.1, -0.05) is 19.1 Å². The Kier molecular flexibility index (Phi) is 3.16. The maximum Gasteiger partial charge on any atom is 0.495 e. The van der Waals surface area contributed by atoms with Crippen molar-refractivity contribution < 1.29 is 10.0 Å². The number of hydrogen-bond donors (Lipinski definition) is 2. The average molecular weight is 118 g/mol. The second-order valence-electron chi connectivity index (χ2n) is 1.19.